The van der Waals surface area contributed by atoms with E-state index in [1.807, 2.05) is 29.3 Å². The SMILES string of the molecule is Cl.Cl.O=C(CCC1CCNC1)N1CCC(c2nnc3ccccn23)CC1. The molecule has 1 unspecified atom stereocenters. The Kier molecular flexibility index (Phi) is 7.68. The zero-order valence-corrected chi connectivity index (χ0v) is 16.5. The van der Waals surface area contributed by atoms with Crippen LogP contribution >= 0.6 is 24.8 Å². The number of amides is 1. The molecule has 8 heteroatoms. The Morgan fingerprint density at radius 1 is 1.15 bits per heavy atom. The first-order valence-electron chi connectivity index (χ1n) is 9.09. The van der Waals surface area contributed by atoms with E-state index in [0.717, 1.165) is 56.9 Å². The summed E-state index contributed by atoms with van der Waals surface area (Å²) in [5.74, 6) is 2.44. The van der Waals surface area contributed by atoms with Crippen molar-refractivity contribution in [2.24, 2.45) is 5.92 Å². The third-order valence-corrected chi connectivity index (χ3v) is 5.48. The second-order valence-electron chi connectivity index (χ2n) is 7.04. The molecular formula is C18H27Cl2N5O. The van der Waals surface area contributed by atoms with E-state index >= 15 is 0 Å². The average Bonchev–Trinajstić information content (AvgIpc) is 3.29. The van der Waals surface area contributed by atoms with Gasteiger partial charge in [-0.05, 0) is 56.8 Å². The Bertz CT molecular complexity index is 708. The van der Waals surface area contributed by atoms with Gasteiger partial charge >= 0.3 is 0 Å². The molecule has 2 aliphatic heterocycles. The van der Waals surface area contributed by atoms with Gasteiger partial charge in [-0.25, -0.2) is 0 Å². The zero-order chi connectivity index (χ0) is 16.4. The normalized spacial score (nSPS) is 20.6. The molecule has 1 N–H and O–H groups in total. The van der Waals surface area contributed by atoms with Crippen LogP contribution in [0.1, 0.15) is 43.8 Å². The third kappa shape index (κ3) is 4.48. The van der Waals surface area contributed by atoms with Gasteiger partial charge < -0.3 is 10.2 Å². The Labute approximate surface area is 166 Å². The second-order valence-corrected chi connectivity index (χ2v) is 7.04. The average molecular weight is 400 g/mol. The number of nitrogens with one attached hydrogen (secondary N) is 1. The van der Waals surface area contributed by atoms with Gasteiger partial charge in [0.15, 0.2) is 5.65 Å². The molecule has 4 heterocycles. The van der Waals surface area contributed by atoms with Crippen molar-refractivity contribution in [2.75, 3.05) is 26.2 Å². The number of hydrogen-bond donors (Lipinski definition) is 1. The minimum atomic E-state index is 0. The Morgan fingerprint density at radius 2 is 1.96 bits per heavy atom. The number of piperidine rings is 1. The quantitative estimate of drug-likeness (QED) is 0.857. The number of pyridine rings is 1. The molecule has 144 valence electrons. The van der Waals surface area contributed by atoms with Crippen molar-refractivity contribution in [2.45, 2.75) is 38.0 Å². The van der Waals surface area contributed by atoms with Gasteiger partial charge in [0.25, 0.3) is 0 Å². The number of carbonyl (C=O) groups is 1. The summed E-state index contributed by atoms with van der Waals surface area (Å²) >= 11 is 0. The highest BCUT2D eigenvalue weighted by molar-refractivity contribution is 5.85. The molecule has 4 rings (SSSR count). The first-order chi connectivity index (χ1) is 11.8. The van der Waals surface area contributed by atoms with Gasteiger partial charge in [-0.3, -0.25) is 9.20 Å². The lowest BCUT2D eigenvalue weighted by atomic mass is 9.95. The molecule has 2 fully saturated rings. The topological polar surface area (TPSA) is 62.5 Å². The van der Waals surface area contributed by atoms with Crippen molar-refractivity contribution < 1.29 is 4.79 Å². The van der Waals surface area contributed by atoms with Crippen LogP contribution in [0.25, 0.3) is 5.65 Å². The zero-order valence-electron chi connectivity index (χ0n) is 14.8. The standard InChI is InChI=1S/C18H25N5O.2ClH/c24-17(5-4-14-6-9-19-13-14)22-11-7-15(8-12-22)18-21-20-16-3-1-2-10-23(16)18;;/h1-3,10,14-15,19H,4-9,11-13H2;2*1H. The summed E-state index contributed by atoms with van der Waals surface area (Å²) in [4.78, 5) is 14.5. The number of carbonyl (C=O) groups excluding carboxylic acids is 1. The molecule has 2 aliphatic rings. The van der Waals surface area contributed by atoms with E-state index in [2.05, 4.69) is 19.9 Å². The number of rotatable bonds is 4. The van der Waals surface area contributed by atoms with Crippen LogP contribution in [0.2, 0.25) is 0 Å². The number of halogens is 2. The van der Waals surface area contributed by atoms with Crippen molar-refractivity contribution in [3.63, 3.8) is 0 Å². The lowest BCUT2D eigenvalue weighted by Gasteiger charge is -2.31. The number of fused-ring (bicyclic) bond motifs is 1. The first kappa shape index (κ1) is 20.9. The van der Waals surface area contributed by atoms with E-state index in [1.165, 1.54) is 6.42 Å². The molecule has 0 aromatic carbocycles. The molecule has 2 aromatic heterocycles. The minimum Gasteiger partial charge on any atom is -0.343 e. The van der Waals surface area contributed by atoms with Crippen LogP contribution in [0, 0.1) is 5.92 Å². The lowest BCUT2D eigenvalue weighted by Crippen LogP contribution is -2.38. The smallest absolute Gasteiger partial charge is 0.222 e. The van der Waals surface area contributed by atoms with Crippen LogP contribution in [0.5, 0.6) is 0 Å². The van der Waals surface area contributed by atoms with E-state index in [9.17, 15) is 4.79 Å². The molecule has 1 amide bonds. The van der Waals surface area contributed by atoms with Gasteiger partial charge in [0, 0.05) is 31.6 Å². The van der Waals surface area contributed by atoms with Crippen LogP contribution in [0.3, 0.4) is 0 Å². The van der Waals surface area contributed by atoms with Crippen molar-refractivity contribution in [1.29, 1.82) is 0 Å². The molecule has 6 nitrogen and oxygen atoms in total. The van der Waals surface area contributed by atoms with E-state index in [-0.39, 0.29) is 24.8 Å². The summed E-state index contributed by atoms with van der Waals surface area (Å²) in [7, 11) is 0. The monoisotopic (exact) mass is 399 g/mol. The molecule has 0 saturated carbocycles. The highest BCUT2D eigenvalue weighted by atomic mass is 35.5. The van der Waals surface area contributed by atoms with Gasteiger partial charge in [-0.2, -0.15) is 0 Å². The van der Waals surface area contributed by atoms with Crippen LogP contribution in [0.4, 0.5) is 0 Å². The summed E-state index contributed by atoms with van der Waals surface area (Å²) in [6, 6.07) is 5.97. The molecule has 0 bridgehead atoms. The summed E-state index contributed by atoms with van der Waals surface area (Å²) in [5.41, 5.74) is 0.899. The predicted octanol–water partition coefficient (Wildman–Crippen LogP) is 2.67. The number of nitrogens with zero attached hydrogens (tertiary/aromatic N) is 4. The summed E-state index contributed by atoms with van der Waals surface area (Å²) in [6.07, 6.45) is 6.93. The van der Waals surface area contributed by atoms with E-state index in [1.54, 1.807) is 0 Å². The minimum absolute atomic E-state index is 0. The Morgan fingerprint density at radius 3 is 2.69 bits per heavy atom. The first-order valence-corrected chi connectivity index (χ1v) is 9.09. The molecular weight excluding hydrogens is 373 g/mol. The molecule has 0 aliphatic carbocycles. The van der Waals surface area contributed by atoms with Crippen molar-refractivity contribution in [3.05, 3.63) is 30.2 Å². The van der Waals surface area contributed by atoms with Gasteiger partial charge in [0.2, 0.25) is 5.91 Å². The summed E-state index contributed by atoms with van der Waals surface area (Å²) in [5, 5.41) is 12.0. The highest BCUT2D eigenvalue weighted by Gasteiger charge is 2.27. The summed E-state index contributed by atoms with van der Waals surface area (Å²) in [6.45, 7) is 3.87. The highest BCUT2D eigenvalue weighted by Crippen LogP contribution is 2.27. The lowest BCUT2D eigenvalue weighted by molar-refractivity contribution is -0.132. The van der Waals surface area contributed by atoms with Crippen LogP contribution < -0.4 is 5.32 Å². The van der Waals surface area contributed by atoms with Crippen molar-refractivity contribution in [3.8, 4) is 0 Å². The Balaban J connectivity index is 0.00000121. The fraction of sp³-hybridized carbons (Fsp3) is 0.611. The van der Waals surface area contributed by atoms with E-state index in [0.29, 0.717) is 24.2 Å². The van der Waals surface area contributed by atoms with Gasteiger partial charge in [-0.1, -0.05) is 6.07 Å². The molecule has 0 radical (unpaired) electrons. The van der Waals surface area contributed by atoms with Crippen LogP contribution in [-0.2, 0) is 4.79 Å². The third-order valence-electron chi connectivity index (χ3n) is 5.48. The fourth-order valence-corrected chi connectivity index (χ4v) is 3.97. The molecule has 2 aromatic rings. The van der Waals surface area contributed by atoms with Crippen molar-refractivity contribution in [1.82, 2.24) is 24.8 Å². The number of aromatic nitrogens is 3. The van der Waals surface area contributed by atoms with Crippen LogP contribution in [-0.4, -0.2) is 51.6 Å². The predicted molar refractivity (Wildman–Crippen MR) is 106 cm³/mol. The number of likely N-dealkylation sites (tertiary alicyclic amines) is 1. The molecule has 2 saturated heterocycles. The molecule has 26 heavy (non-hydrogen) atoms. The maximum Gasteiger partial charge on any atom is 0.222 e. The second kappa shape index (κ2) is 9.53. The van der Waals surface area contributed by atoms with Gasteiger partial charge in [0.05, 0.1) is 0 Å². The largest absolute Gasteiger partial charge is 0.343 e. The Hall–Kier alpha value is -1.37. The fourth-order valence-electron chi connectivity index (χ4n) is 3.97. The van der Waals surface area contributed by atoms with Crippen LogP contribution in [0.15, 0.2) is 24.4 Å². The molecule has 0 spiro atoms. The van der Waals surface area contributed by atoms with Crippen molar-refractivity contribution >= 4 is 36.4 Å². The summed E-state index contributed by atoms with van der Waals surface area (Å²) < 4.78 is 2.08. The maximum atomic E-state index is 12.4. The number of hydrogen-bond acceptors (Lipinski definition) is 4. The van der Waals surface area contributed by atoms with E-state index < -0.39 is 0 Å². The maximum absolute atomic E-state index is 12.4. The van der Waals surface area contributed by atoms with E-state index in [4.69, 9.17) is 0 Å². The molecule has 1 atom stereocenters. The van der Waals surface area contributed by atoms with Gasteiger partial charge in [-0.15, -0.1) is 35.0 Å². The van der Waals surface area contributed by atoms with Gasteiger partial charge in [0.1, 0.15) is 5.82 Å².